The van der Waals surface area contributed by atoms with E-state index in [2.05, 4.69) is 29.5 Å². The van der Waals surface area contributed by atoms with Gasteiger partial charge in [0.2, 0.25) is 0 Å². The molecule has 3 nitrogen and oxygen atoms in total. The van der Waals surface area contributed by atoms with Crippen LogP contribution in [-0.4, -0.2) is 25.8 Å². The van der Waals surface area contributed by atoms with Gasteiger partial charge in [-0.15, -0.1) is 0 Å². The van der Waals surface area contributed by atoms with E-state index in [0.29, 0.717) is 26.2 Å². The van der Waals surface area contributed by atoms with E-state index in [9.17, 15) is 4.79 Å². The summed E-state index contributed by atoms with van der Waals surface area (Å²) in [6.45, 7) is 3.89. The highest BCUT2D eigenvalue weighted by atomic mass is 127. The minimum absolute atomic E-state index is 0.0295. The Morgan fingerprint density at radius 2 is 2.06 bits per heavy atom. The fourth-order valence-electron chi connectivity index (χ4n) is 1.61. The summed E-state index contributed by atoms with van der Waals surface area (Å²) < 4.78 is 11.5. The van der Waals surface area contributed by atoms with Crippen LogP contribution >= 0.6 is 22.6 Å². The molecule has 0 N–H and O–H groups in total. The van der Waals surface area contributed by atoms with E-state index >= 15 is 0 Å². The highest BCUT2D eigenvalue weighted by Gasteiger charge is 2.34. The average Bonchev–Trinajstić information content (AvgIpc) is 2.27. The van der Waals surface area contributed by atoms with Crippen molar-refractivity contribution in [3.63, 3.8) is 0 Å². The second-order valence-electron chi connectivity index (χ2n) is 4.77. The van der Waals surface area contributed by atoms with Crippen LogP contribution in [0.15, 0.2) is 24.3 Å². The molecule has 0 spiro atoms. The quantitative estimate of drug-likeness (QED) is 0.621. The monoisotopic (exact) mass is 346 g/mol. The maximum atomic E-state index is 11.6. The van der Waals surface area contributed by atoms with Gasteiger partial charge in [0.1, 0.15) is 6.61 Å². The van der Waals surface area contributed by atoms with Crippen LogP contribution in [-0.2, 0) is 20.7 Å². The van der Waals surface area contributed by atoms with E-state index in [-0.39, 0.29) is 11.4 Å². The van der Waals surface area contributed by atoms with E-state index in [1.165, 1.54) is 3.57 Å². The highest BCUT2D eigenvalue weighted by molar-refractivity contribution is 14.1. The van der Waals surface area contributed by atoms with Crippen molar-refractivity contribution in [1.29, 1.82) is 0 Å². The Balaban J connectivity index is 1.79. The van der Waals surface area contributed by atoms with E-state index in [1.54, 1.807) is 0 Å². The second-order valence-corrected chi connectivity index (χ2v) is 6.01. The highest BCUT2D eigenvalue weighted by Crippen LogP contribution is 2.26. The van der Waals surface area contributed by atoms with Crippen LogP contribution < -0.4 is 0 Å². The topological polar surface area (TPSA) is 35.5 Å². The van der Waals surface area contributed by atoms with E-state index in [4.69, 9.17) is 9.47 Å². The van der Waals surface area contributed by atoms with E-state index in [1.807, 2.05) is 24.3 Å². The van der Waals surface area contributed by atoms with Gasteiger partial charge in [-0.05, 0) is 40.3 Å². The molecule has 0 amide bonds. The fourth-order valence-corrected chi connectivity index (χ4v) is 1.97. The van der Waals surface area contributed by atoms with Crippen LogP contribution in [0.2, 0.25) is 0 Å². The molecule has 1 aliphatic heterocycles. The molecule has 17 heavy (non-hydrogen) atoms. The summed E-state index contributed by atoms with van der Waals surface area (Å²) in [5.41, 5.74) is 1.02. The summed E-state index contributed by atoms with van der Waals surface area (Å²) in [4.78, 5) is 11.6. The summed E-state index contributed by atoms with van der Waals surface area (Å²) in [7, 11) is 0. The molecule has 1 heterocycles. The van der Waals surface area contributed by atoms with Crippen molar-refractivity contribution in [2.24, 2.45) is 5.41 Å². The number of hydrogen-bond donors (Lipinski definition) is 0. The number of rotatable bonds is 4. The second kappa shape index (κ2) is 5.35. The maximum absolute atomic E-state index is 11.6. The maximum Gasteiger partial charge on any atom is 0.310 e. The molecule has 1 aromatic rings. The predicted molar refractivity (Wildman–Crippen MR) is 72.7 cm³/mol. The van der Waals surface area contributed by atoms with Crippen molar-refractivity contribution >= 4 is 28.6 Å². The first-order valence-electron chi connectivity index (χ1n) is 5.55. The number of halogens is 1. The normalized spacial score (nSPS) is 17.3. The molecule has 2 rings (SSSR count). The molecule has 0 aliphatic carbocycles. The average molecular weight is 346 g/mol. The van der Waals surface area contributed by atoms with Crippen molar-refractivity contribution in [3.8, 4) is 0 Å². The third-order valence-corrected chi connectivity index (χ3v) is 3.46. The zero-order valence-electron chi connectivity index (χ0n) is 9.74. The summed E-state index contributed by atoms with van der Waals surface area (Å²) in [5.74, 6) is -0.167. The first-order valence-corrected chi connectivity index (χ1v) is 6.63. The van der Waals surface area contributed by atoms with Gasteiger partial charge in [0, 0.05) is 8.99 Å². The van der Waals surface area contributed by atoms with E-state index < -0.39 is 0 Å². The van der Waals surface area contributed by atoms with E-state index in [0.717, 1.165) is 5.56 Å². The zero-order chi connectivity index (χ0) is 12.3. The Kier molecular flexibility index (Phi) is 4.04. The van der Waals surface area contributed by atoms with Crippen molar-refractivity contribution in [2.45, 2.75) is 13.3 Å². The third-order valence-electron chi connectivity index (χ3n) is 2.74. The molecule has 0 bridgehead atoms. The van der Waals surface area contributed by atoms with Crippen LogP contribution in [0.3, 0.4) is 0 Å². The Bertz CT molecular complexity index is 396. The minimum Gasteiger partial charge on any atom is -0.465 e. The molecular formula is C13H15IO3. The summed E-state index contributed by atoms with van der Waals surface area (Å²) in [6.07, 6.45) is 0.341. The van der Waals surface area contributed by atoms with Crippen molar-refractivity contribution in [2.75, 3.05) is 19.8 Å². The molecular weight excluding hydrogens is 331 g/mol. The van der Waals surface area contributed by atoms with Gasteiger partial charge in [-0.3, -0.25) is 4.79 Å². The lowest BCUT2D eigenvalue weighted by Crippen LogP contribution is -2.44. The molecule has 0 radical (unpaired) electrons. The Hall–Kier alpha value is -0.620. The fraction of sp³-hybridized carbons (Fsp3) is 0.462. The molecule has 1 aromatic carbocycles. The van der Waals surface area contributed by atoms with Gasteiger partial charge >= 0.3 is 5.97 Å². The Morgan fingerprint density at radius 1 is 1.41 bits per heavy atom. The lowest BCUT2D eigenvalue weighted by Gasteiger charge is -2.37. The molecule has 1 saturated heterocycles. The van der Waals surface area contributed by atoms with Gasteiger partial charge in [0.25, 0.3) is 0 Å². The van der Waals surface area contributed by atoms with Gasteiger partial charge in [-0.25, -0.2) is 0 Å². The van der Waals surface area contributed by atoms with Gasteiger partial charge in [-0.2, -0.15) is 0 Å². The SMILES string of the molecule is CC1(COC(=O)Cc2ccc(I)cc2)COC1. The van der Waals surface area contributed by atoms with Crippen molar-refractivity contribution in [1.82, 2.24) is 0 Å². The number of esters is 1. The van der Waals surface area contributed by atoms with Gasteiger partial charge < -0.3 is 9.47 Å². The minimum atomic E-state index is -0.167. The zero-order valence-corrected chi connectivity index (χ0v) is 11.9. The number of carbonyl (C=O) groups is 1. The molecule has 0 unspecified atom stereocenters. The first-order chi connectivity index (χ1) is 8.07. The molecule has 0 atom stereocenters. The summed E-state index contributed by atoms with van der Waals surface area (Å²) >= 11 is 2.24. The molecule has 1 aliphatic rings. The van der Waals surface area contributed by atoms with Crippen LogP contribution in [0.25, 0.3) is 0 Å². The van der Waals surface area contributed by atoms with Gasteiger partial charge in [0.05, 0.1) is 19.6 Å². The Morgan fingerprint density at radius 3 is 2.59 bits per heavy atom. The number of hydrogen-bond acceptors (Lipinski definition) is 3. The number of carbonyl (C=O) groups excluding carboxylic acids is 1. The Labute approximate surface area is 115 Å². The lowest BCUT2D eigenvalue weighted by molar-refractivity contribution is -0.164. The van der Waals surface area contributed by atoms with Gasteiger partial charge in [-0.1, -0.05) is 19.1 Å². The summed E-state index contributed by atoms with van der Waals surface area (Å²) in [5, 5.41) is 0. The van der Waals surface area contributed by atoms with Crippen LogP contribution in [0.1, 0.15) is 12.5 Å². The van der Waals surface area contributed by atoms with Crippen LogP contribution in [0.5, 0.6) is 0 Å². The van der Waals surface area contributed by atoms with Crippen molar-refractivity contribution < 1.29 is 14.3 Å². The first kappa shape index (κ1) is 12.8. The number of benzene rings is 1. The third kappa shape index (κ3) is 3.67. The van der Waals surface area contributed by atoms with Crippen LogP contribution in [0.4, 0.5) is 0 Å². The molecule has 1 fully saturated rings. The molecule has 92 valence electrons. The van der Waals surface area contributed by atoms with Crippen LogP contribution in [0, 0.1) is 8.99 Å². The van der Waals surface area contributed by atoms with Gasteiger partial charge in [0.15, 0.2) is 0 Å². The molecule has 0 saturated carbocycles. The standard InChI is InChI=1S/C13H15IO3/c1-13(7-16-8-13)9-17-12(15)6-10-2-4-11(14)5-3-10/h2-5H,6-9H2,1H3. The smallest absolute Gasteiger partial charge is 0.310 e. The predicted octanol–water partition coefficient (Wildman–Crippen LogP) is 2.41. The van der Waals surface area contributed by atoms with Crippen molar-refractivity contribution in [3.05, 3.63) is 33.4 Å². The molecule has 4 heteroatoms. The number of ether oxygens (including phenoxy) is 2. The molecule has 0 aromatic heterocycles. The largest absolute Gasteiger partial charge is 0.465 e. The summed E-state index contributed by atoms with van der Waals surface area (Å²) in [6, 6.07) is 7.89. The lowest BCUT2D eigenvalue weighted by atomic mass is 9.90.